The molecule has 1 aliphatic carbocycles. The third kappa shape index (κ3) is 2.04. The van der Waals surface area contributed by atoms with E-state index in [2.05, 4.69) is 18.9 Å². The summed E-state index contributed by atoms with van der Waals surface area (Å²) in [5.74, 6) is 0.815. The molecule has 2 rings (SSSR count). The first-order valence-electron chi connectivity index (χ1n) is 5.51. The van der Waals surface area contributed by atoms with Crippen LogP contribution in [-0.2, 0) is 0 Å². The van der Waals surface area contributed by atoms with Crippen LogP contribution in [0.15, 0.2) is 24.3 Å². The lowest BCUT2D eigenvalue weighted by Gasteiger charge is -2.28. The Balaban J connectivity index is 2.23. The molecule has 0 bridgehead atoms. The van der Waals surface area contributed by atoms with Crippen LogP contribution in [-0.4, -0.2) is 19.4 Å². The van der Waals surface area contributed by atoms with Gasteiger partial charge >= 0.3 is 0 Å². The average molecular weight is 203 g/mol. The second-order valence-electron chi connectivity index (χ2n) is 4.37. The van der Waals surface area contributed by atoms with E-state index in [1.54, 1.807) is 0 Å². The zero-order valence-electron chi connectivity index (χ0n) is 9.31. The third-order valence-electron chi connectivity index (χ3n) is 3.36. The molecule has 1 fully saturated rings. The quantitative estimate of drug-likeness (QED) is 0.701. The summed E-state index contributed by atoms with van der Waals surface area (Å²) in [4.78, 5) is 13.1. The molecular formula is C13H17NO. The Hall–Kier alpha value is -1.31. The number of nitrogens with zero attached hydrogens (tertiary/aromatic N) is 1. The number of rotatable bonds is 4. The lowest BCUT2D eigenvalue weighted by atomic mass is 10.1. The predicted molar refractivity (Wildman–Crippen MR) is 62.4 cm³/mol. The highest BCUT2D eigenvalue weighted by Gasteiger charge is 2.31. The van der Waals surface area contributed by atoms with Gasteiger partial charge in [-0.15, -0.1) is 0 Å². The Morgan fingerprint density at radius 3 is 2.67 bits per heavy atom. The monoisotopic (exact) mass is 203 g/mol. The first-order valence-corrected chi connectivity index (χ1v) is 5.51. The van der Waals surface area contributed by atoms with Crippen LogP contribution in [0.2, 0.25) is 0 Å². The van der Waals surface area contributed by atoms with Gasteiger partial charge in [-0.3, -0.25) is 4.79 Å². The molecule has 1 atom stereocenters. The number of carbonyl (C=O) groups excluding carboxylic acids is 1. The van der Waals surface area contributed by atoms with Crippen LogP contribution < -0.4 is 4.90 Å². The zero-order chi connectivity index (χ0) is 10.8. The van der Waals surface area contributed by atoms with E-state index in [1.165, 1.54) is 12.8 Å². The van der Waals surface area contributed by atoms with Crippen molar-refractivity contribution >= 4 is 12.0 Å². The molecule has 0 amide bonds. The predicted octanol–water partition coefficient (Wildman–Crippen LogP) is 2.73. The molecule has 1 aromatic rings. The molecule has 0 N–H and O–H groups in total. The molecule has 15 heavy (non-hydrogen) atoms. The van der Waals surface area contributed by atoms with E-state index in [-0.39, 0.29) is 0 Å². The van der Waals surface area contributed by atoms with E-state index in [0.717, 1.165) is 23.5 Å². The van der Waals surface area contributed by atoms with Gasteiger partial charge in [-0.1, -0.05) is 12.1 Å². The molecule has 2 nitrogen and oxygen atoms in total. The average Bonchev–Trinajstić information content (AvgIpc) is 3.11. The van der Waals surface area contributed by atoms with Gasteiger partial charge in [0.25, 0.3) is 0 Å². The van der Waals surface area contributed by atoms with Crippen molar-refractivity contribution < 1.29 is 4.79 Å². The van der Waals surface area contributed by atoms with Crippen LogP contribution in [0.25, 0.3) is 0 Å². The molecule has 2 heteroatoms. The summed E-state index contributed by atoms with van der Waals surface area (Å²) in [7, 11) is 2.07. The zero-order valence-corrected chi connectivity index (χ0v) is 9.31. The van der Waals surface area contributed by atoms with Crippen molar-refractivity contribution in [2.75, 3.05) is 11.9 Å². The highest BCUT2D eigenvalue weighted by Crippen LogP contribution is 2.36. The van der Waals surface area contributed by atoms with Crippen LogP contribution >= 0.6 is 0 Å². The maximum absolute atomic E-state index is 10.9. The Kier molecular flexibility index (Phi) is 2.76. The minimum Gasteiger partial charge on any atom is -0.371 e. The minimum atomic E-state index is 0.533. The fourth-order valence-electron chi connectivity index (χ4n) is 2.02. The Bertz CT molecular complexity index is 357. The minimum absolute atomic E-state index is 0.533. The molecule has 1 aliphatic rings. The van der Waals surface area contributed by atoms with E-state index in [4.69, 9.17) is 0 Å². The van der Waals surface area contributed by atoms with Gasteiger partial charge in [-0.05, 0) is 37.8 Å². The topological polar surface area (TPSA) is 20.3 Å². The van der Waals surface area contributed by atoms with Crippen LogP contribution in [0.5, 0.6) is 0 Å². The third-order valence-corrected chi connectivity index (χ3v) is 3.36. The molecule has 0 radical (unpaired) electrons. The van der Waals surface area contributed by atoms with Crippen LogP contribution in [0, 0.1) is 5.92 Å². The molecule has 0 aromatic heterocycles. The number of aldehydes is 1. The first-order chi connectivity index (χ1) is 7.24. The molecule has 0 spiro atoms. The smallest absolute Gasteiger partial charge is 0.152 e. The fourth-order valence-corrected chi connectivity index (χ4v) is 2.02. The highest BCUT2D eigenvalue weighted by atomic mass is 16.1. The van der Waals surface area contributed by atoms with Gasteiger partial charge < -0.3 is 4.90 Å². The van der Waals surface area contributed by atoms with E-state index >= 15 is 0 Å². The van der Waals surface area contributed by atoms with E-state index < -0.39 is 0 Å². The number of hydrogen-bond acceptors (Lipinski definition) is 2. The van der Waals surface area contributed by atoms with Gasteiger partial charge in [0.05, 0.1) is 0 Å². The van der Waals surface area contributed by atoms with Crippen molar-refractivity contribution in [1.82, 2.24) is 0 Å². The molecule has 0 saturated heterocycles. The second kappa shape index (κ2) is 4.05. The molecule has 1 aromatic carbocycles. The van der Waals surface area contributed by atoms with Gasteiger partial charge in [-0.2, -0.15) is 0 Å². The van der Waals surface area contributed by atoms with Gasteiger partial charge in [0.2, 0.25) is 0 Å². The van der Waals surface area contributed by atoms with Crippen molar-refractivity contribution in [2.45, 2.75) is 25.8 Å². The van der Waals surface area contributed by atoms with Gasteiger partial charge in [0.1, 0.15) is 0 Å². The Morgan fingerprint density at radius 1 is 1.40 bits per heavy atom. The molecule has 1 unspecified atom stereocenters. The standard InChI is InChI=1S/C13H17NO/c1-10(11-7-8-11)14(2)13-6-4-3-5-12(13)9-15/h3-6,9-11H,7-8H2,1-2H3. The number of benzene rings is 1. The van der Waals surface area contributed by atoms with Gasteiger partial charge in [0, 0.05) is 24.3 Å². The molecule has 0 aliphatic heterocycles. The van der Waals surface area contributed by atoms with Crippen LogP contribution in [0.3, 0.4) is 0 Å². The largest absolute Gasteiger partial charge is 0.371 e. The highest BCUT2D eigenvalue weighted by molar-refractivity contribution is 5.84. The lowest BCUT2D eigenvalue weighted by Crippen LogP contribution is -2.31. The SMILES string of the molecule is CC(C1CC1)N(C)c1ccccc1C=O. The molecule has 0 heterocycles. The second-order valence-corrected chi connectivity index (χ2v) is 4.37. The van der Waals surface area contributed by atoms with Crippen molar-refractivity contribution in [2.24, 2.45) is 5.92 Å². The van der Waals surface area contributed by atoms with Crippen molar-refractivity contribution in [3.05, 3.63) is 29.8 Å². The maximum atomic E-state index is 10.9. The normalized spacial score (nSPS) is 17.2. The van der Waals surface area contributed by atoms with Crippen LogP contribution in [0.4, 0.5) is 5.69 Å². The van der Waals surface area contributed by atoms with Gasteiger partial charge in [0.15, 0.2) is 6.29 Å². The summed E-state index contributed by atoms with van der Waals surface area (Å²) in [5.41, 5.74) is 1.83. The lowest BCUT2D eigenvalue weighted by molar-refractivity contribution is 0.112. The van der Waals surface area contributed by atoms with Gasteiger partial charge in [-0.25, -0.2) is 0 Å². The number of anilines is 1. The van der Waals surface area contributed by atoms with E-state index in [9.17, 15) is 4.79 Å². The molecule has 80 valence electrons. The van der Waals surface area contributed by atoms with Crippen molar-refractivity contribution in [3.63, 3.8) is 0 Å². The summed E-state index contributed by atoms with van der Waals surface area (Å²) in [6.45, 7) is 2.24. The van der Waals surface area contributed by atoms with Crippen LogP contribution in [0.1, 0.15) is 30.1 Å². The molecule has 1 saturated carbocycles. The number of carbonyl (C=O) groups is 1. The number of para-hydroxylation sites is 1. The maximum Gasteiger partial charge on any atom is 0.152 e. The molecular weight excluding hydrogens is 186 g/mol. The number of hydrogen-bond donors (Lipinski definition) is 0. The van der Waals surface area contributed by atoms with E-state index in [0.29, 0.717) is 6.04 Å². The van der Waals surface area contributed by atoms with E-state index in [1.807, 2.05) is 24.3 Å². The summed E-state index contributed by atoms with van der Waals surface area (Å²) in [5, 5.41) is 0. The summed E-state index contributed by atoms with van der Waals surface area (Å²) >= 11 is 0. The first kappa shape index (κ1) is 10.2. The summed E-state index contributed by atoms with van der Waals surface area (Å²) < 4.78 is 0. The van der Waals surface area contributed by atoms with Crippen molar-refractivity contribution in [3.8, 4) is 0 Å². The summed E-state index contributed by atoms with van der Waals surface area (Å²) in [6, 6.07) is 8.31. The summed E-state index contributed by atoms with van der Waals surface area (Å²) in [6.07, 6.45) is 3.59. The fraction of sp³-hybridized carbons (Fsp3) is 0.462. The Labute approximate surface area is 90.9 Å². The Morgan fingerprint density at radius 2 is 2.07 bits per heavy atom. The van der Waals surface area contributed by atoms with Crippen molar-refractivity contribution in [1.29, 1.82) is 0 Å².